The van der Waals surface area contributed by atoms with E-state index in [0.717, 1.165) is 11.3 Å². The van der Waals surface area contributed by atoms with Crippen LogP contribution in [-0.2, 0) is 21.1 Å². The monoisotopic (exact) mass is 392 g/mol. The third-order valence-electron chi connectivity index (χ3n) is 3.49. The summed E-state index contributed by atoms with van der Waals surface area (Å²) < 4.78 is 31.1. The standard InChI is InChI=1S/C14H10Cl2O5S2/c1-6-2-3-22-14(6)23(19,20)9-5-7-4-8(13(17)18)21-12(7)11(16)10(9)15/h2-3,5,8H,4H2,1H3,(H,17,18). The van der Waals surface area contributed by atoms with Gasteiger partial charge in [-0.05, 0) is 30.0 Å². The van der Waals surface area contributed by atoms with E-state index in [0.29, 0.717) is 11.1 Å². The first kappa shape index (κ1) is 16.6. The lowest BCUT2D eigenvalue weighted by Gasteiger charge is -2.11. The summed E-state index contributed by atoms with van der Waals surface area (Å²) in [4.78, 5) is 10.9. The van der Waals surface area contributed by atoms with Crippen molar-refractivity contribution in [3.8, 4) is 5.75 Å². The van der Waals surface area contributed by atoms with Crippen LogP contribution in [0, 0.1) is 6.92 Å². The number of sulfone groups is 1. The first-order valence-electron chi connectivity index (χ1n) is 6.43. The van der Waals surface area contributed by atoms with E-state index in [1.165, 1.54) is 6.07 Å². The maximum absolute atomic E-state index is 12.8. The van der Waals surface area contributed by atoms with Gasteiger partial charge in [0.1, 0.15) is 15.0 Å². The number of benzene rings is 1. The lowest BCUT2D eigenvalue weighted by Crippen LogP contribution is -2.24. The molecule has 1 aliphatic heterocycles. The molecule has 1 N–H and O–H groups in total. The van der Waals surface area contributed by atoms with Crippen molar-refractivity contribution in [2.45, 2.75) is 28.6 Å². The first-order valence-corrected chi connectivity index (χ1v) is 9.55. The molecule has 0 bridgehead atoms. The molecule has 1 atom stereocenters. The van der Waals surface area contributed by atoms with Crippen molar-refractivity contribution < 1.29 is 23.1 Å². The zero-order chi connectivity index (χ0) is 16.9. The zero-order valence-electron chi connectivity index (χ0n) is 11.7. The van der Waals surface area contributed by atoms with Gasteiger partial charge in [0.2, 0.25) is 9.84 Å². The second-order valence-corrected chi connectivity index (χ2v) is 8.82. The molecule has 1 aliphatic rings. The lowest BCUT2D eigenvalue weighted by atomic mass is 10.1. The van der Waals surface area contributed by atoms with E-state index in [4.69, 9.17) is 33.0 Å². The zero-order valence-corrected chi connectivity index (χ0v) is 14.8. The Hall–Kier alpha value is -1.28. The predicted molar refractivity (Wildman–Crippen MR) is 86.7 cm³/mol. The highest BCUT2D eigenvalue weighted by Gasteiger charge is 2.35. The summed E-state index contributed by atoms with van der Waals surface area (Å²) in [6.07, 6.45) is -1.06. The Morgan fingerprint density at radius 2 is 2.09 bits per heavy atom. The predicted octanol–water partition coefficient (Wildman–Crippen LogP) is 3.58. The molecule has 23 heavy (non-hydrogen) atoms. The number of rotatable bonds is 3. The van der Waals surface area contributed by atoms with Crippen molar-refractivity contribution in [2.24, 2.45) is 0 Å². The third kappa shape index (κ3) is 2.61. The minimum absolute atomic E-state index is 0.0352. The van der Waals surface area contributed by atoms with Gasteiger partial charge in [0, 0.05) is 12.0 Å². The highest BCUT2D eigenvalue weighted by atomic mass is 35.5. The van der Waals surface area contributed by atoms with Crippen LogP contribution in [0.15, 0.2) is 26.6 Å². The van der Waals surface area contributed by atoms with Gasteiger partial charge in [0.15, 0.2) is 6.10 Å². The molecule has 0 radical (unpaired) electrons. The smallest absolute Gasteiger partial charge is 0.345 e. The fraction of sp³-hybridized carbons (Fsp3) is 0.214. The molecular formula is C14H10Cl2O5S2. The molecule has 0 fully saturated rings. The number of carboxylic acids is 1. The first-order chi connectivity index (χ1) is 10.7. The Kier molecular flexibility index (Phi) is 4.08. The van der Waals surface area contributed by atoms with Crippen LogP contribution < -0.4 is 4.74 Å². The minimum Gasteiger partial charge on any atom is -0.478 e. The van der Waals surface area contributed by atoms with Gasteiger partial charge in [-0.2, -0.15) is 0 Å². The van der Waals surface area contributed by atoms with E-state index < -0.39 is 21.9 Å². The molecule has 0 spiro atoms. The van der Waals surface area contributed by atoms with Crippen molar-refractivity contribution in [3.05, 3.63) is 38.7 Å². The molecule has 2 heterocycles. The molecule has 0 aliphatic carbocycles. The average molecular weight is 393 g/mol. The van der Waals surface area contributed by atoms with E-state index in [1.807, 2.05) is 0 Å². The molecule has 1 aromatic carbocycles. The van der Waals surface area contributed by atoms with E-state index in [2.05, 4.69) is 0 Å². The number of hydrogen-bond acceptors (Lipinski definition) is 5. The molecule has 2 aromatic rings. The molecule has 0 saturated heterocycles. The van der Waals surface area contributed by atoms with E-state index >= 15 is 0 Å². The number of halogens is 2. The van der Waals surface area contributed by atoms with Gasteiger partial charge in [-0.1, -0.05) is 23.2 Å². The normalized spacial score (nSPS) is 16.9. The number of thiophene rings is 1. The summed E-state index contributed by atoms with van der Waals surface area (Å²) in [5.74, 6) is -1.02. The second-order valence-electron chi connectivity index (χ2n) is 5.03. The van der Waals surface area contributed by atoms with Crippen LogP contribution in [0.4, 0.5) is 0 Å². The Balaban J connectivity index is 2.17. The van der Waals surface area contributed by atoms with Crippen molar-refractivity contribution in [1.82, 2.24) is 0 Å². The van der Waals surface area contributed by atoms with Crippen molar-refractivity contribution >= 4 is 50.3 Å². The Morgan fingerprint density at radius 3 is 2.65 bits per heavy atom. The third-order valence-corrected chi connectivity index (χ3v) is 7.92. The fourth-order valence-electron chi connectivity index (χ4n) is 2.37. The van der Waals surface area contributed by atoms with Crippen molar-refractivity contribution in [2.75, 3.05) is 0 Å². The maximum Gasteiger partial charge on any atom is 0.345 e. The number of fused-ring (bicyclic) bond motifs is 1. The number of carboxylic acid groups (broad SMARTS) is 1. The molecule has 0 saturated carbocycles. The van der Waals surface area contributed by atoms with Crippen LogP contribution in [0.25, 0.3) is 0 Å². The van der Waals surface area contributed by atoms with Crippen molar-refractivity contribution in [1.29, 1.82) is 0 Å². The van der Waals surface area contributed by atoms with Crippen LogP contribution in [0.3, 0.4) is 0 Å². The van der Waals surface area contributed by atoms with Crippen LogP contribution in [0.2, 0.25) is 10.0 Å². The van der Waals surface area contributed by atoms with E-state index in [9.17, 15) is 13.2 Å². The number of aryl methyl sites for hydroxylation is 1. The summed E-state index contributed by atoms with van der Waals surface area (Å²) in [7, 11) is -3.84. The quantitative estimate of drug-likeness (QED) is 0.862. The molecule has 9 heteroatoms. The summed E-state index contributed by atoms with van der Waals surface area (Å²) in [5.41, 5.74) is 1.03. The van der Waals surface area contributed by atoms with Gasteiger partial charge in [0.05, 0.1) is 9.92 Å². The molecule has 122 valence electrons. The molecule has 1 unspecified atom stereocenters. The van der Waals surface area contributed by atoms with Gasteiger partial charge in [-0.3, -0.25) is 0 Å². The van der Waals surface area contributed by atoms with Gasteiger partial charge in [0.25, 0.3) is 0 Å². The Labute approximate surface area is 146 Å². The molecule has 0 amide bonds. The minimum atomic E-state index is -3.84. The summed E-state index contributed by atoms with van der Waals surface area (Å²) >= 11 is 13.3. The average Bonchev–Trinajstić information content (AvgIpc) is 3.09. The second kappa shape index (κ2) is 5.66. The molecule has 3 rings (SSSR count). The highest BCUT2D eigenvalue weighted by molar-refractivity contribution is 7.93. The van der Waals surface area contributed by atoms with Crippen LogP contribution >= 0.6 is 34.5 Å². The number of ether oxygens (including phenoxy) is 1. The summed E-state index contributed by atoms with van der Waals surface area (Å²) in [6, 6.07) is 3.05. The Morgan fingerprint density at radius 1 is 1.39 bits per heavy atom. The van der Waals surface area contributed by atoms with Gasteiger partial charge in [-0.25, -0.2) is 13.2 Å². The van der Waals surface area contributed by atoms with Crippen LogP contribution in [0.1, 0.15) is 11.1 Å². The maximum atomic E-state index is 12.8. The summed E-state index contributed by atoms with van der Waals surface area (Å²) in [6.45, 7) is 1.69. The Bertz CT molecular complexity index is 917. The highest BCUT2D eigenvalue weighted by Crippen LogP contribution is 2.45. The van der Waals surface area contributed by atoms with E-state index in [1.54, 1.807) is 18.4 Å². The fourth-order valence-corrected chi connectivity index (χ4v) is 6.05. The number of carbonyl (C=O) groups is 1. The van der Waals surface area contributed by atoms with E-state index in [-0.39, 0.29) is 31.3 Å². The molecule has 5 nitrogen and oxygen atoms in total. The largest absolute Gasteiger partial charge is 0.478 e. The topological polar surface area (TPSA) is 80.7 Å². The van der Waals surface area contributed by atoms with Crippen molar-refractivity contribution in [3.63, 3.8) is 0 Å². The summed E-state index contributed by atoms with van der Waals surface area (Å²) in [5, 5.41) is 10.5. The van der Waals surface area contributed by atoms with Gasteiger partial charge < -0.3 is 9.84 Å². The van der Waals surface area contributed by atoms with Crippen LogP contribution in [0.5, 0.6) is 5.75 Å². The number of hydrogen-bond donors (Lipinski definition) is 1. The SMILES string of the molecule is Cc1ccsc1S(=O)(=O)c1cc2c(c(Cl)c1Cl)OC(C(=O)O)C2. The number of aliphatic carboxylic acids is 1. The van der Waals surface area contributed by atoms with Gasteiger partial charge >= 0.3 is 5.97 Å². The molecule has 1 aromatic heterocycles. The lowest BCUT2D eigenvalue weighted by molar-refractivity contribution is -0.144. The van der Waals surface area contributed by atoms with Gasteiger partial charge in [-0.15, -0.1) is 11.3 Å². The molecular weight excluding hydrogens is 383 g/mol. The van der Waals surface area contributed by atoms with Crippen LogP contribution in [-0.4, -0.2) is 25.6 Å².